The van der Waals surface area contributed by atoms with Crippen molar-refractivity contribution in [1.29, 1.82) is 0 Å². The van der Waals surface area contributed by atoms with Gasteiger partial charge in [0.25, 0.3) is 0 Å². The summed E-state index contributed by atoms with van der Waals surface area (Å²) in [5.74, 6) is 0.586. The summed E-state index contributed by atoms with van der Waals surface area (Å²) in [5.41, 5.74) is 6.10. The number of aromatic nitrogens is 4. The summed E-state index contributed by atoms with van der Waals surface area (Å²) in [5, 5.41) is 0. The fourth-order valence-electron chi connectivity index (χ4n) is 3.09. The molecule has 2 aromatic rings. The first kappa shape index (κ1) is 21.0. The maximum Gasteiger partial charge on any atom is 0.406 e. The van der Waals surface area contributed by atoms with Crippen LogP contribution < -0.4 is 15.5 Å². The van der Waals surface area contributed by atoms with Crippen LogP contribution in [0.5, 0.6) is 0 Å². The molecule has 3 rings (SSSR count). The predicted octanol–water partition coefficient (Wildman–Crippen LogP) is 3.40. The van der Waals surface area contributed by atoms with E-state index in [1.807, 2.05) is 4.90 Å². The Morgan fingerprint density at radius 1 is 1.17 bits per heavy atom. The number of piperidine rings is 1. The van der Waals surface area contributed by atoms with Crippen molar-refractivity contribution in [2.75, 3.05) is 41.2 Å². The standard InChI is InChI=1S/C17H20ClF3N8/c1-23-12-14(28-5-3-2-4-6-28)26-13(11-7-24-16(22)25-8-11)27-15(12)29(10-18)9-17(19,20)21/h7-8H,1-6,9-10H2,(H2,22,24,25). The Hall–Kier alpha value is -2.69. The average Bonchev–Trinajstić information content (AvgIpc) is 2.71. The summed E-state index contributed by atoms with van der Waals surface area (Å²) in [7, 11) is 0. The van der Waals surface area contributed by atoms with Gasteiger partial charge < -0.3 is 15.5 Å². The highest BCUT2D eigenvalue weighted by Crippen LogP contribution is 2.39. The largest absolute Gasteiger partial charge is 0.406 e. The van der Waals surface area contributed by atoms with E-state index >= 15 is 0 Å². The summed E-state index contributed by atoms with van der Waals surface area (Å²) in [6.45, 7) is 3.65. The second-order valence-corrected chi connectivity index (χ2v) is 6.75. The second-order valence-electron chi connectivity index (χ2n) is 6.51. The second kappa shape index (κ2) is 8.76. The molecule has 2 aromatic heterocycles. The lowest BCUT2D eigenvalue weighted by molar-refractivity contribution is -0.119. The number of aliphatic imine (C=N–C) groups is 1. The van der Waals surface area contributed by atoms with Crippen LogP contribution in [-0.2, 0) is 0 Å². The zero-order valence-corrected chi connectivity index (χ0v) is 16.3. The van der Waals surface area contributed by atoms with Gasteiger partial charge in [-0.15, -0.1) is 11.6 Å². The Labute approximate surface area is 170 Å². The van der Waals surface area contributed by atoms with E-state index in [9.17, 15) is 13.2 Å². The molecule has 1 saturated heterocycles. The van der Waals surface area contributed by atoms with Gasteiger partial charge in [0.15, 0.2) is 17.5 Å². The molecule has 0 spiro atoms. The number of nitrogens with two attached hydrogens (primary N) is 1. The smallest absolute Gasteiger partial charge is 0.368 e. The number of anilines is 3. The maximum absolute atomic E-state index is 13.1. The third kappa shape index (κ3) is 5.03. The molecule has 29 heavy (non-hydrogen) atoms. The van der Waals surface area contributed by atoms with Crippen LogP contribution in [0, 0.1) is 0 Å². The van der Waals surface area contributed by atoms with Crippen LogP contribution >= 0.6 is 11.6 Å². The molecule has 0 radical (unpaired) electrons. The van der Waals surface area contributed by atoms with Gasteiger partial charge in [0.1, 0.15) is 12.2 Å². The van der Waals surface area contributed by atoms with Crippen molar-refractivity contribution in [3.05, 3.63) is 12.4 Å². The number of hydrogen-bond donors (Lipinski definition) is 1. The molecule has 0 aliphatic carbocycles. The van der Waals surface area contributed by atoms with Gasteiger partial charge in [-0.25, -0.2) is 19.9 Å². The van der Waals surface area contributed by atoms with Crippen molar-refractivity contribution in [1.82, 2.24) is 19.9 Å². The summed E-state index contributed by atoms with van der Waals surface area (Å²) in [4.78, 5) is 23.5. The molecule has 2 N–H and O–H groups in total. The van der Waals surface area contributed by atoms with Crippen LogP contribution in [0.1, 0.15) is 19.3 Å². The number of nitrogens with zero attached hydrogens (tertiary/aromatic N) is 7. The predicted molar refractivity (Wildman–Crippen MR) is 107 cm³/mol. The zero-order chi connectivity index (χ0) is 21.0. The summed E-state index contributed by atoms with van der Waals surface area (Å²) in [6, 6.07) is -0.434. The number of nitrogen functional groups attached to an aromatic ring is 1. The number of halogens is 4. The molecule has 0 aromatic carbocycles. The molecule has 12 heteroatoms. The minimum atomic E-state index is -4.48. The Bertz CT molecular complexity index is 853. The lowest BCUT2D eigenvalue weighted by Crippen LogP contribution is -2.35. The summed E-state index contributed by atoms with van der Waals surface area (Å²) in [6.07, 6.45) is 1.31. The third-order valence-electron chi connectivity index (χ3n) is 4.40. The lowest BCUT2D eigenvalue weighted by atomic mass is 10.1. The minimum Gasteiger partial charge on any atom is -0.368 e. The first-order chi connectivity index (χ1) is 13.8. The molecule has 0 bridgehead atoms. The van der Waals surface area contributed by atoms with Gasteiger partial charge in [-0.05, 0) is 26.0 Å². The van der Waals surface area contributed by atoms with E-state index in [0.29, 0.717) is 24.5 Å². The van der Waals surface area contributed by atoms with Gasteiger partial charge in [-0.2, -0.15) is 13.2 Å². The highest BCUT2D eigenvalue weighted by Gasteiger charge is 2.33. The molecule has 0 amide bonds. The van der Waals surface area contributed by atoms with Crippen molar-refractivity contribution >= 4 is 41.6 Å². The van der Waals surface area contributed by atoms with Crippen LogP contribution in [0.3, 0.4) is 0 Å². The van der Waals surface area contributed by atoms with Gasteiger partial charge in [0.2, 0.25) is 5.95 Å². The molecular weight excluding hydrogens is 409 g/mol. The Morgan fingerprint density at radius 2 is 1.83 bits per heavy atom. The van der Waals surface area contributed by atoms with E-state index in [-0.39, 0.29) is 23.3 Å². The topological polar surface area (TPSA) is 96.4 Å². The molecule has 8 nitrogen and oxygen atoms in total. The quantitative estimate of drug-likeness (QED) is 0.428. The SMILES string of the molecule is C=Nc1c(N2CCCCC2)nc(-c2cnc(N)nc2)nc1N(CCl)CC(F)(F)F. The first-order valence-electron chi connectivity index (χ1n) is 8.91. The monoisotopic (exact) mass is 428 g/mol. The van der Waals surface area contributed by atoms with E-state index < -0.39 is 18.7 Å². The fourth-order valence-corrected chi connectivity index (χ4v) is 3.29. The Morgan fingerprint density at radius 3 is 2.38 bits per heavy atom. The van der Waals surface area contributed by atoms with Crippen LogP contribution in [0.15, 0.2) is 17.4 Å². The fraction of sp³-hybridized carbons (Fsp3) is 0.471. The number of hydrogen-bond acceptors (Lipinski definition) is 8. The van der Waals surface area contributed by atoms with Crippen molar-refractivity contribution in [2.45, 2.75) is 25.4 Å². The maximum atomic E-state index is 13.1. The highest BCUT2D eigenvalue weighted by molar-refractivity contribution is 6.19. The average molecular weight is 429 g/mol. The van der Waals surface area contributed by atoms with Gasteiger partial charge >= 0.3 is 6.18 Å². The first-order valence-corrected chi connectivity index (χ1v) is 9.45. The van der Waals surface area contributed by atoms with Crippen molar-refractivity contribution in [3.8, 4) is 11.4 Å². The Kier molecular flexibility index (Phi) is 6.36. The van der Waals surface area contributed by atoms with E-state index in [4.69, 9.17) is 17.3 Å². The molecular formula is C17H20ClF3N8. The normalized spacial score (nSPS) is 14.7. The highest BCUT2D eigenvalue weighted by atomic mass is 35.5. The molecule has 0 unspecified atom stereocenters. The molecule has 156 valence electrons. The van der Waals surface area contributed by atoms with Crippen molar-refractivity contribution in [3.63, 3.8) is 0 Å². The van der Waals surface area contributed by atoms with Crippen LogP contribution in [0.4, 0.5) is 36.4 Å². The third-order valence-corrected chi connectivity index (χ3v) is 4.69. The van der Waals surface area contributed by atoms with Crippen LogP contribution in [0.2, 0.25) is 0 Å². The van der Waals surface area contributed by atoms with Crippen LogP contribution in [-0.4, -0.2) is 58.5 Å². The molecule has 3 heterocycles. The van der Waals surface area contributed by atoms with Gasteiger partial charge in [-0.3, -0.25) is 4.99 Å². The van der Waals surface area contributed by atoms with E-state index in [1.54, 1.807) is 0 Å². The van der Waals surface area contributed by atoms with E-state index in [2.05, 4.69) is 31.6 Å². The van der Waals surface area contributed by atoms with Gasteiger partial charge in [0.05, 0.1) is 11.6 Å². The van der Waals surface area contributed by atoms with Crippen molar-refractivity contribution in [2.24, 2.45) is 4.99 Å². The minimum absolute atomic E-state index is 0.0466. The lowest BCUT2D eigenvalue weighted by Gasteiger charge is -2.31. The van der Waals surface area contributed by atoms with Crippen molar-refractivity contribution < 1.29 is 13.2 Å². The van der Waals surface area contributed by atoms with Crippen LogP contribution in [0.25, 0.3) is 11.4 Å². The summed E-state index contributed by atoms with van der Waals surface area (Å²) >= 11 is 5.84. The molecule has 1 fully saturated rings. The zero-order valence-electron chi connectivity index (χ0n) is 15.5. The number of rotatable bonds is 6. The molecule has 0 saturated carbocycles. The van der Waals surface area contributed by atoms with Gasteiger partial charge in [0, 0.05) is 25.5 Å². The Balaban J connectivity index is 2.16. The summed E-state index contributed by atoms with van der Waals surface area (Å²) < 4.78 is 39.3. The molecule has 1 aliphatic rings. The molecule has 0 atom stereocenters. The van der Waals surface area contributed by atoms with E-state index in [1.165, 1.54) is 12.4 Å². The molecule has 1 aliphatic heterocycles. The van der Waals surface area contributed by atoms with E-state index in [0.717, 1.165) is 24.2 Å². The number of alkyl halides is 4. The van der Waals surface area contributed by atoms with Gasteiger partial charge in [-0.1, -0.05) is 0 Å².